The van der Waals surface area contributed by atoms with Gasteiger partial charge in [0.15, 0.2) is 22.4 Å². The zero-order valence-corrected chi connectivity index (χ0v) is 16.3. The van der Waals surface area contributed by atoms with Gasteiger partial charge in [-0.15, -0.1) is 0 Å². The van der Waals surface area contributed by atoms with Crippen LogP contribution in [-0.2, 0) is 0 Å². The molecule has 0 atom stereocenters. The molecule has 0 aliphatic carbocycles. The summed E-state index contributed by atoms with van der Waals surface area (Å²) in [6, 6.07) is 11.9. The molecule has 2 N–H and O–H groups in total. The number of hydrogen-bond donors (Lipinski definition) is 2. The maximum atomic E-state index is 12.5. The molecule has 0 aliphatic rings. The number of aromatic nitrogens is 3. The van der Waals surface area contributed by atoms with Crippen LogP contribution in [0.25, 0.3) is 16.6 Å². The van der Waals surface area contributed by atoms with Gasteiger partial charge in [-0.05, 0) is 36.2 Å². The van der Waals surface area contributed by atoms with Crippen LogP contribution < -0.4 is 0 Å². The predicted octanol–water partition coefficient (Wildman–Crippen LogP) is 4.39. The minimum Gasteiger partial charge on any atom is -0.504 e. The molecule has 2 aromatic heterocycles. The lowest BCUT2D eigenvalue weighted by Crippen LogP contribution is -2.04. The maximum Gasteiger partial charge on any atom is 0.174 e. The van der Waals surface area contributed by atoms with E-state index >= 15 is 0 Å². The van der Waals surface area contributed by atoms with Gasteiger partial charge in [-0.25, -0.2) is 9.97 Å². The standard InChI is InChI=1S/C21H19N3O3S/c1-12(2)16-10-24-20(22-16)14-5-3-4-6-15(14)23-21(24)28-11-19(27)13-7-8-17(25)18(26)9-13/h3-10,12,25-26H,11H2,1-2H3. The first kappa shape index (κ1) is 18.3. The molecule has 0 radical (unpaired) electrons. The molecule has 6 nitrogen and oxygen atoms in total. The quantitative estimate of drug-likeness (QED) is 0.226. The number of carbonyl (C=O) groups is 1. The highest BCUT2D eigenvalue weighted by molar-refractivity contribution is 7.99. The largest absolute Gasteiger partial charge is 0.504 e. The van der Waals surface area contributed by atoms with Crippen molar-refractivity contribution >= 4 is 34.1 Å². The van der Waals surface area contributed by atoms with Crippen molar-refractivity contribution < 1.29 is 15.0 Å². The van der Waals surface area contributed by atoms with E-state index in [-0.39, 0.29) is 29.0 Å². The van der Waals surface area contributed by atoms with Crippen molar-refractivity contribution in [1.82, 2.24) is 14.4 Å². The minimum atomic E-state index is -0.307. The minimum absolute atomic E-state index is 0.153. The number of phenols is 2. The molecule has 0 amide bonds. The Morgan fingerprint density at radius 3 is 2.64 bits per heavy atom. The molecule has 2 heterocycles. The summed E-state index contributed by atoms with van der Waals surface area (Å²) in [4.78, 5) is 22.0. The summed E-state index contributed by atoms with van der Waals surface area (Å²) in [5, 5.41) is 20.7. The lowest BCUT2D eigenvalue weighted by Gasteiger charge is -2.07. The number of hydrogen-bond acceptors (Lipinski definition) is 6. The molecule has 0 bridgehead atoms. The average molecular weight is 393 g/mol. The van der Waals surface area contributed by atoms with Crippen LogP contribution in [0.15, 0.2) is 53.8 Å². The topological polar surface area (TPSA) is 87.7 Å². The van der Waals surface area contributed by atoms with Crippen molar-refractivity contribution in [2.75, 3.05) is 5.75 Å². The van der Waals surface area contributed by atoms with Gasteiger partial charge >= 0.3 is 0 Å². The fourth-order valence-electron chi connectivity index (χ4n) is 2.94. The number of imidazole rings is 1. The number of rotatable bonds is 5. The summed E-state index contributed by atoms with van der Waals surface area (Å²) in [5.74, 6) is -0.287. The Morgan fingerprint density at radius 1 is 1.11 bits per heavy atom. The summed E-state index contributed by atoms with van der Waals surface area (Å²) >= 11 is 1.32. The van der Waals surface area contributed by atoms with Gasteiger partial charge in [-0.2, -0.15) is 0 Å². The van der Waals surface area contributed by atoms with Gasteiger partial charge < -0.3 is 10.2 Å². The van der Waals surface area contributed by atoms with E-state index in [9.17, 15) is 15.0 Å². The SMILES string of the molecule is CC(C)c1cn2c(SCC(=O)c3ccc(O)c(O)c3)nc3ccccc3c2n1. The zero-order chi connectivity index (χ0) is 19.8. The monoisotopic (exact) mass is 393 g/mol. The molecular weight excluding hydrogens is 374 g/mol. The second-order valence-corrected chi connectivity index (χ2v) is 7.78. The first-order valence-corrected chi connectivity index (χ1v) is 9.88. The number of ketones is 1. The van der Waals surface area contributed by atoms with Crippen molar-refractivity contribution in [3.8, 4) is 11.5 Å². The van der Waals surface area contributed by atoms with E-state index in [4.69, 9.17) is 9.97 Å². The summed E-state index contributed by atoms with van der Waals surface area (Å²) in [5.41, 5.74) is 2.96. The average Bonchev–Trinajstić information content (AvgIpc) is 3.14. The lowest BCUT2D eigenvalue weighted by molar-refractivity contribution is 0.102. The molecule has 0 fully saturated rings. The highest BCUT2D eigenvalue weighted by atomic mass is 32.2. The molecule has 0 saturated heterocycles. The fourth-order valence-corrected chi connectivity index (χ4v) is 3.81. The van der Waals surface area contributed by atoms with E-state index < -0.39 is 0 Å². The van der Waals surface area contributed by atoms with Crippen molar-refractivity contribution in [3.05, 3.63) is 59.9 Å². The third-order valence-corrected chi connectivity index (χ3v) is 5.47. The Balaban J connectivity index is 1.70. The number of fused-ring (bicyclic) bond motifs is 3. The summed E-state index contributed by atoms with van der Waals surface area (Å²) < 4.78 is 1.93. The van der Waals surface area contributed by atoms with E-state index in [1.807, 2.05) is 34.9 Å². The smallest absolute Gasteiger partial charge is 0.174 e. The molecule has 28 heavy (non-hydrogen) atoms. The Hall–Kier alpha value is -3.06. The molecule has 2 aromatic carbocycles. The van der Waals surface area contributed by atoms with Gasteiger partial charge in [0.05, 0.1) is 17.0 Å². The molecular formula is C21H19N3O3S. The van der Waals surface area contributed by atoms with Gasteiger partial charge in [-0.3, -0.25) is 9.20 Å². The summed E-state index contributed by atoms with van der Waals surface area (Å²) in [7, 11) is 0. The van der Waals surface area contributed by atoms with Crippen LogP contribution in [0.4, 0.5) is 0 Å². The van der Waals surface area contributed by atoms with Crippen molar-refractivity contribution in [2.24, 2.45) is 0 Å². The van der Waals surface area contributed by atoms with Crippen molar-refractivity contribution in [3.63, 3.8) is 0 Å². The Bertz CT molecular complexity index is 1200. The number of thioether (sulfide) groups is 1. The van der Waals surface area contributed by atoms with Crippen LogP contribution in [0.3, 0.4) is 0 Å². The summed E-state index contributed by atoms with van der Waals surface area (Å²) in [6.07, 6.45) is 1.97. The molecule has 7 heteroatoms. The van der Waals surface area contributed by atoms with Crippen molar-refractivity contribution in [2.45, 2.75) is 24.9 Å². The van der Waals surface area contributed by atoms with Crippen LogP contribution in [0.1, 0.15) is 35.8 Å². The molecule has 0 aliphatic heterocycles. The second kappa shape index (κ2) is 7.16. The number of para-hydroxylation sites is 1. The first-order chi connectivity index (χ1) is 13.4. The van der Waals surface area contributed by atoms with Crippen LogP contribution in [0.2, 0.25) is 0 Å². The van der Waals surface area contributed by atoms with E-state index in [2.05, 4.69) is 13.8 Å². The molecule has 4 rings (SSSR count). The Labute approximate surface area is 165 Å². The third kappa shape index (κ3) is 3.29. The van der Waals surface area contributed by atoms with Gasteiger partial charge in [0.1, 0.15) is 5.65 Å². The number of nitrogens with zero attached hydrogens (tertiary/aromatic N) is 3. The fraction of sp³-hybridized carbons (Fsp3) is 0.190. The van der Waals surface area contributed by atoms with Crippen LogP contribution >= 0.6 is 11.8 Å². The second-order valence-electron chi connectivity index (χ2n) is 6.84. The van der Waals surface area contributed by atoms with Crippen LogP contribution in [0.5, 0.6) is 11.5 Å². The van der Waals surface area contributed by atoms with E-state index in [1.54, 1.807) is 0 Å². The number of phenolic OH excluding ortho intramolecular Hbond substituents is 2. The van der Waals surface area contributed by atoms with Gasteiger partial charge in [0, 0.05) is 17.1 Å². The molecule has 0 saturated carbocycles. The van der Waals surface area contributed by atoms with Gasteiger partial charge in [-0.1, -0.05) is 37.7 Å². The Kier molecular flexibility index (Phi) is 4.68. The molecule has 0 unspecified atom stereocenters. The normalized spacial score (nSPS) is 11.5. The van der Waals surface area contributed by atoms with E-state index in [0.717, 1.165) is 22.2 Å². The molecule has 142 valence electrons. The maximum absolute atomic E-state index is 12.5. The third-order valence-electron chi connectivity index (χ3n) is 4.51. The number of Topliss-reactive ketones (excluding diaryl/α,β-unsaturated/α-hetero) is 1. The number of carbonyl (C=O) groups excluding carboxylic acids is 1. The molecule has 4 aromatic rings. The zero-order valence-electron chi connectivity index (χ0n) is 15.5. The summed E-state index contributed by atoms with van der Waals surface area (Å²) in [6.45, 7) is 4.18. The predicted molar refractivity (Wildman–Crippen MR) is 109 cm³/mol. The Morgan fingerprint density at radius 2 is 1.89 bits per heavy atom. The van der Waals surface area contributed by atoms with Gasteiger partial charge in [0.2, 0.25) is 0 Å². The van der Waals surface area contributed by atoms with Crippen molar-refractivity contribution in [1.29, 1.82) is 0 Å². The highest BCUT2D eigenvalue weighted by Gasteiger charge is 2.16. The van der Waals surface area contributed by atoms with Crippen LogP contribution in [0, 0.1) is 0 Å². The van der Waals surface area contributed by atoms with E-state index in [0.29, 0.717) is 10.7 Å². The number of benzene rings is 2. The lowest BCUT2D eigenvalue weighted by atomic mass is 10.1. The first-order valence-electron chi connectivity index (χ1n) is 8.89. The number of aromatic hydroxyl groups is 2. The van der Waals surface area contributed by atoms with E-state index in [1.165, 1.54) is 30.0 Å². The molecule has 0 spiro atoms. The van der Waals surface area contributed by atoms with Gasteiger partial charge in [0.25, 0.3) is 0 Å². The highest BCUT2D eigenvalue weighted by Crippen LogP contribution is 2.29. The van der Waals surface area contributed by atoms with Crippen LogP contribution in [-0.4, -0.2) is 36.1 Å².